The molecule has 0 aromatic heterocycles. The summed E-state index contributed by atoms with van der Waals surface area (Å²) in [4.78, 5) is 27.0. The third-order valence-corrected chi connectivity index (χ3v) is 5.74. The van der Waals surface area contributed by atoms with Gasteiger partial charge in [0.1, 0.15) is 12.4 Å². The normalized spacial score (nSPS) is 15.5. The highest BCUT2D eigenvalue weighted by molar-refractivity contribution is 5.90. The number of likely N-dealkylation sites (tertiary alicyclic amines) is 1. The lowest BCUT2D eigenvalue weighted by molar-refractivity contribution is -0.126. The molecule has 170 valence electrons. The Bertz CT molecular complexity index is 1060. The largest absolute Gasteiger partial charge is 0.491 e. The molecule has 0 saturated carbocycles. The quantitative estimate of drug-likeness (QED) is 0.516. The Balaban J connectivity index is 1.24. The van der Waals surface area contributed by atoms with Crippen LogP contribution in [0.4, 0.5) is 10.5 Å². The number of benzene rings is 3. The second-order valence-corrected chi connectivity index (χ2v) is 8.08. The zero-order valence-electron chi connectivity index (χ0n) is 18.6. The molecule has 6 nitrogen and oxygen atoms in total. The van der Waals surface area contributed by atoms with E-state index in [1.165, 1.54) is 0 Å². The van der Waals surface area contributed by atoms with Crippen molar-refractivity contribution in [2.45, 2.75) is 12.8 Å². The van der Waals surface area contributed by atoms with Gasteiger partial charge in [0.25, 0.3) is 0 Å². The van der Waals surface area contributed by atoms with Crippen molar-refractivity contribution in [3.63, 3.8) is 0 Å². The summed E-state index contributed by atoms with van der Waals surface area (Å²) in [7, 11) is 0. The first-order valence-corrected chi connectivity index (χ1v) is 11.4. The maximum Gasteiger partial charge on any atom is 0.321 e. The van der Waals surface area contributed by atoms with E-state index in [2.05, 4.69) is 10.6 Å². The first-order chi connectivity index (χ1) is 16.2. The number of urea groups is 1. The van der Waals surface area contributed by atoms with E-state index >= 15 is 0 Å². The fraction of sp³-hybridized carbons (Fsp3) is 0.259. The Labute approximate surface area is 194 Å². The highest BCUT2D eigenvalue weighted by Crippen LogP contribution is 2.29. The van der Waals surface area contributed by atoms with Crippen LogP contribution in [0.3, 0.4) is 0 Å². The van der Waals surface area contributed by atoms with E-state index in [0.717, 1.165) is 35.4 Å². The van der Waals surface area contributed by atoms with Crippen LogP contribution in [-0.4, -0.2) is 43.1 Å². The molecule has 1 atom stereocenters. The number of para-hydroxylation sites is 2. The Morgan fingerprint density at radius 2 is 1.61 bits per heavy atom. The van der Waals surface area contributed by atoms with E-state index in [1.807, 2.05) is 84.9 Å². The minimum absolute atomic E-state index is 0.0350. The fourth-order valence-corrected chi connectivity index (χ4v) is 4.03. The number of rotatable bonds is 7. The Morgan fingerprint density at radius 1 is 0.909 bits per heavy atom. The molecule has 0 bridgehead atoms. The summed E-state index contributed by atoms with van der Waals surface area (Å²) in [5, 5.41) is 5.86. The van der Waals surface area contributed by atoms with Crippen LogP contribution in [0.5, 0.6) is 5.75 Å². The molecular formula is C27H29N3O3. The van der Waals surface area contributed by atoms with Crippen molar-refractivity contribution in [3.05, 3.63) is 84.9 Å². The minimum Gasteiger partial charge on any atom is -0.491 e. The first kappa shape index (κ1) is 22.4. The minimum atomic E-state index is -0.211. The van der Waals surface area contributed by atoms with Crippen LogP contribution in [0.2, 0.25) is 0 Å². The van der Waals surface area contributed by atoms with Crippen LogP contribution in [0, 0.1) is 5.92 Å². The SMILES string of the molecule is O=C(NCCOc1ccccc1-c1ccccc1)C1CCCN(C(=O)Nc2ccccc2)C1. The van der Waals surface area contributed by atoms with E-state index in [-0.39, 0.29) is 17.9 Å². The monoisotopic (exact) mass is 443 g/mol. The third-order valence-electron chi connectivity index (χ3n) is 5.74. The van der Waals surface area contributed by atoms with Gasteiger partial charge < -0.3 is 20.3 Å². The molecule has 0 radical (unpaired) electrons. The first-order valence-electron chi connectivity index (χ1n) is 11.4. The van der Waals surface area contributed by atoms with Gasteiger partial charge >= 0.3 is 6.03 Å². The number of carbonyl (C=O) groups excluding carboxylic acids is 2. The summed E-state index contributed by atoms with van der Waals surface area (Å²) in [5.74, 6) is 0.545. The summed E-state index contributed by atoms with van der Waals surface area (Å²) in [5.41, 5.74) is 2.87. The molecule has 3 aromatic carbocycles. The Morgan fingerprint density at radius 3 is 2.39 bits per heavy atom. The van der Waals surface area contributed by atoms with Gasteiger partial charge in [0, 0.05) is 24.3 Å². The van der Waals surface area contributed by atoms with Crippen LogP contribution in [0.1, 0.15) is 12.8 Å². The van der Waals surface area contributed by atoms with Gasteiger partial charge in [-0.1, -0.05) is 66.7 Å². The number of anilines is 1. The van der Waals surface area contributed by atoms with Gasteiger partial charge in [0.05, 0.1) is 12.5 Å². The van der Waals surface area contributed by atoms with Crippen LogP contribution in [-0.2, 0) is 4.79 Å². The van der Waals surface area contributed by atoms with Crippen molar-refractivity contribution in [3.8, 4) is 16.9 Å². The molecule has 33 heavy (non-hydrogen) atoms. The van der Waals surface area contributed by atoms with E-state index in [1.54, 1.807) is 4.90 Å². The van der Waals surface area contributed by atoms with Crippen molar-refractivity contribution >= 4 is 17.6 Å². The predicted molar refractivity (Wildman–Crippen MR) is 130 cm³/mol. The van der Waals surface area contributed by atoms with Crippen LogP contribution in [0.15, 0.2) is 84.9 Å². The van der Waals surface area contributed by atoms with Crippen molar-refractivity contribution in [1.29, 1.82) is 0 Å². The van der Waals surface area contributed by atoms with Gasteiger partial charge in [-0.2, -0.15) is 0 Å². The molecule has 6 heteroatoms. The topological polar surface area (TPSA) is 70.7 Å². The summed E-state index contributed by atoms with van der Waals surface area (Å²) in [6.45, 7) is 1.86. The average Bonchev–Trinajstić information content (AvgIpc) is 2.88. The molecule has 0 spiro atoms. The molecule has 3 amide bonds. The number of hydrogen-bond acceptors (Lipinski definition) is 3. The van der Waals surface area contributed by atoms with Crippen LogP contribution < -0.4 is 15.4 Å². The second kappa shape index (κ2) is 11.2. The molecule has 1 aliphatic rings. The van der Waals surface area contributed by atoms with Crippen molar-refractivity contribution < 1.29 is 14.3 Å². The molecule has 1 heterocycles. The molecule has 3 aromatic rings. The predicted octanol–water partition coefficient (Wildman–Crippen LogP) is 4.79. The number of amides is 3. The molecule has 1 saturated heterocycles. The lowest BCUT2D eigenvalue weighted by atomic mass is 9.97. The molecule has 1 unspecified atom stereocenters. The van der Waals surface area contributed by atoms with Crippen molar-refractivity contribution in [1.82, 2.24) is 10.2 Å². The van der Waals surface area contributed by atoms with Gasteiger partial charge in [-0.05, 0) is 36.6 Å². The number of carbonyl (C=O) groups is 2. The highest BCUT2D eigenvalue weighted by atomic mass is 16.5. The van der Waals surface area contributed by atoms with E-state index < -0.39 is 0 Å². The van der Waals surface area contributed by atoms with Gasteiger partial charge in [0.15, 0.2) is 0 Å². The van der Waals surface area contributed by atoms with Crippen molar-refractivity contribution in [2.24, 2.45) is 5.92 Å². The zero-order valence-corrected chi connectivity index (χ0v) is 18.6. The second-order valence-electron chi connectivity index (χ2n) is 8.08. The molecule has 4 rings (SSSR count). The van der Waals surface area contributed by atoms with E-state index in [0.29, 0.717) is 26.2 Å². The van der Waals surface area contributed by atoms with Gasteiger partial charge in [0.2, 0.25) is 5.91 Å². The number of hydrogen-bond donors (Lipinski definition) is 2. The van der Waals surface area contributed by atoms with Crippen molar-refractivity contribution in [2.75, 3.05) is 31.6 Å². The summed E-state index contributed by atoms with van der Waals surface area (Å²) < 4.78 is 5.97. The molecule has 1 fully saturated rings. The standard InChI is InChI=1S/C27H29N3O3/c31-26(22-12-9-18-30(20-22)27(32)29-23-13-5-2-6-14-23)28-17-19-33-25-16-8-7-15-24(25)21-10-3-1-4-11-21/h1-8,10-11,13-16,22H,9,12,17-20H2,(H,28,31)(H,29,32). The maximum absolute atomic E-state index is 12.7. The number of nitrogens with zero attached hydrogens (tertiary/aromatic N) is 1. The molecular weight excluding hydrogens is 414 g/mol. The van der Waals surface area contributed by atoms with Gasteiger partial charge in [-0.3, -0.25) is 4.79 Å². The third kappa shape index (κ3) is 6.13. The summed E-state index contributed by atoms with van der Waals surface area (Å²) in [6.07, 6.45) is 1.58. The fourth-order valence-electron chi connectivity index (χ4n) is 4.03. The van der Waals surface area contributed by atoms with Crippen LogP contribution >= 0.6 is 0 Å². The Hall–Kier alpha value is -3.80. The number of piperidine rings is 1. The smallest absolute Gasteiger partial charge is 0.321 e. The zero-order chi connectivity index (χ0) is 22.9. The number of nitrogens with one attached hydrogen (secondary N) is 2. The summed E-state index contributed by atoms with van der Waals surface area (Å²) >= 11 is 0. The van der Waals surface area contributed by atoms with Crippen LogP contribution in [0.25, 0.3) is 11.1 Å². The van der Waals surface area contributed by atoms with Gasteiger partial charge in [-0.15, -0.1) is 0 Å². The van der Waals surface area contributed by atoms with E-state index in [9.17, 15) is 9.59 Å². The molecule has 2 N–H and O–H groups in total. The lowest BCUT2D eigenvalue weighted by Gasteiger charge is -2.32. The maximum atomic E-state index is 12.7. The molecule has 1 aliphatic heterocycles. The summed E-state index contributed by atoms with van der Waals surface area (Å²) in [6, 6.07) is 27.2. The lowest BCUT2D eigenvalue weighted by Crippen LogP contribution is -2.47. The number of ether oxygens (including phenoxy) is 1. The highest BCUT2D eigenvalue weighted by Gasteiger charge is 2.28. The molecule has 0 aliphatic carbocycles. The Kier molecular flexibility index (Phi) is 7.59. The van der Waals surface area contributed by atoms with Gasteiger partial charge in [-0.25, -0.2) is 4.79 Å². The van der Waals surface area contributed by atoms with E-state index in [4.69, 9.17) is 4.74 Å². The average molecular weight is 444 g/mol.